The number of hydrogen-bond donors (Lipinski definition) is 2. The number of aryl methyl sites for hydroxylation is 1. The standard InChI is InChI=1S/C38H36N2O2/c1-26-8-7-13-33(38(26)42-25-37(40)32-17-16-28-9-5-6-12-31(28)22-32)20-27-14-15-29-18-19-35(23-34(29)21-27)41-24-36(39)30-10-3-2-4-11-30/h2-19,21-23,36-37H,20,24-25,39-40H2,1H3. The van der Waals surface area contributed by atoms with Gasteiger partial charge >= 0.3 is 0 Å². The largest absolute Gasteiger partial charge is 0.492 e. The molecule has 0 bridgehead atoms. The van der Waals surface area contributed by atoms with Crippen LogP contribution in [-0.4, -0.2) is 13.2 Å². The van der Waals surface area contributed by atoms with Crippen molar-refractivity contribution in [3.05, 3.63) is 155 Å². The lowest BCUT2D eigenvalue weighted by atomic mass is 9.99. The van der Waals surface area contributed by atoms with E-state index in [9.17, 15) is 0 Å². The van der Waals surface area contributed by atoms with Crippen molar-refractivity contribution in [2.45, 2.75) is 25.4 Å². The van der Waals surface area contributed by atoms with Gasteiger partial charge in [-0.2, -0.15) is 0 Å². The third-order valence-corrected chi connectivity index (χ3v) is 7.83. The van der Waals surface area contributed by atoms with Gasteiger partial charge in [0.1, 0.15) is 24.7 Å². The van der Waals surface area contributed by atoms with E-state index < -0.39 is 0 Å². The summed E-state index contributed by atoms with van der Waals surface area (Å²) in [5, 5.41) is 4.69. The lowest BCUT2D eigenvalue weighted by Crippen LogP contribution is -2.19. The normalized spacial score (nSPS) is 12.7. The van der Waals surface area contributed by atoms with E-state index in [0.29, 0.717) is 13.2 Å². The van der Waals surface area contributed by atoms with Crippen LogP contribution in [0.15, 0.2) is 127 Å². The van der Waals surface area contributed by atoms with Gasteiger partial charge in [-0.3, -0.25) is 0 Å². The van der Waals surface area contributed by atoms with Crippen LogP contribution in [0, 0.1) is 6.92 Å². The third kappa shape index (κ3) is 6.31. The summed E-state index contributed by atoms with van der Waals surface area (Å²) in [7, 11) is 0. The van der Waals surface area contributed by atoms with Crippen molar-refractivity contribution in [3.63, 3.8) is 0 Å². The van der Waals surface area contributed by atoms with E-state index in [1.165, 1.54) is 21.7 Å². The van der Waals surface area contributed by atoms with Gasteiger partial charge < -0.3 is 20.9 Å². The van der Waals surface area contributed by atoms with Crippen LogP contribution >= 0.6 is 0 Å². The predicted molar refractivity (Wildman–Crippen MR) is 173 cm³/mol. The molecule has 6 aromatic rings. The SMILES string of the molecule is Cc1cccc(Cc2ccc3ccc(OCC(N)c4ccccc4)cc3c2)c1OCC(N)c1ccc2ccccc2c1. The Bertz CT molecular complexity index is 1820. The molecule has 4 heteroatoms. The van der Waals surface area contributed by atoms with Gasteiger partial charge in [0, 0.05) is 6.42 Å². The second kappa shape index (κ2) is 12.5. The van der Waals surface area contributed by atoms with Crippen LogP contribution in [-0.2, 0) is 6.42 Å². The molecular formula is C38H36N2O2. The fraction of sp³-hybridized carbons (Fsp3) is 0.158. The average Bonchev–Trinajstić information content (AvgIpc) is 3.03. The number of para-hydroxylation sites is 1. The lowest BCUT2D eigenvalue weighted by Gasteiger charge is -2.18. The second-order valence-corrected chi connectivity index (χ2v) is 10.9. The van der Waals surface area contributed by atoms with Gasteiger partial charge in [0.15, 0.2) is 0 Å². The van der Waals surface area contributed by atoms with Gasteiger partial charge in [-0.05, 0) is 74.5 Å². The second-order valence-electron chi connectivity index (χ2n) is 10.9. The lowest BCUT2D eigenvalue weighted by molar-refractivity contribution is 0.286. The number of benzene rings is 6. The Labute approximate surface area is 247 Å². The Morgan fingerprint density at radius 1 is 0.548 bits per heavy atom. The molecule has 2 unspecified atom stereocenters. The molecule has 6 aromatic carbocycles. The van der Waals surface area contributed by atoms with Crippen molar-refractivity contribution in [1.82, 2.24) is 0 Å². The van der Waals surface area contributed by atoms with Gasteiger partial charge in [0.2, 0.25) is 0 Å². The maximum Gasteiger partial charge on any atom is 0.125 e. The van der Waals surface area contributed by atoms with Crippen molar-refractivity contribution in [2.75, 3.05) is 13.2 Å². The minimum absolute atomic E-state index is 0.178. The summed E-state index contributed by atoms with van der Waals surface area (Å²) in [6, 6.07) is 43.4. The highest BCUT2D eigenvalue weighted by molar-refractivity contribution is 5.85. The van der Waals surface area contributed by atoms with Crippen molar-refractivity contribution in [1.29, 1.82) is 0 Å². The smallest absolute Gasteiger partial charge is 0.125 e. The van der Waals surface area contributed by atoms with Gasteiger partial charge in [0.05, 0.1) is 12.1 Å². The van der Waals surface area contributed by atoms with E-state index in [4.69, 9.17) is 20.9 Å². The van der Waals surface area contributed by atoms with E-state index in [1.807, 2.05) is 36.4 Å². The minimum Gasteiger partial charge on any atom is -0.492 e. The van der Waals surface area contributed by atoms with Crippen LogP contribution in [0.2, 0.25) is 0 Å². The number of ether oxygens (including phenoxy) is 2. The average molecular weight is 553 g/mol. The highest BCUT2D eigenvalue weighted by atomic mass is 16.5. The molecule has 0 aliphatic rings. The summed E-state index contributed by atoms with van der Waals surface area (Å²) in [5.74, 6) is 1.72. The van der Waals surface area contributed by atoms with E-state index in [2.05, 4.69) is 97.9 Å². The topological polar surface area (TPSA) is 70.5 Å². The van der Waals surface area contributed by atoms with Crippen molar-refractivity contribution < 1.29 is 9.47 Å². The van der Waals surface area contributed by atoms with Crippen LogP contribution in [0.4, 0.5) is 0 Å². The number of fused-ring (bicyclic) bond motifs is 2. The van der Waals surface area contributed by atoms with Crippen molar-refractivity contribution >= 4 is 21.5 Å². The fourth-order valence-electron chi connectivity index (χ4n) is 5.44. The van der Waals surface area contributed by atoms with E-state index in [1.54, 1.807) is 0 Å². The zero-order chi connectivity index (χ0) is 28.9. The first-order valence-electron chi connectivity index (χ1n) is 14.4. The fourth-order valence-corrected chi connectivity index (χ4v) is 5.44. The van der Waals surface area contributed by atoms with Gasteiger partial charge in [0.25, 0.3) is 0 Å². The maximum atomic E-state index is 6.59. The number of nitrogens with two attached hydrogens (primary N) is 2. The highest BCUT2D eigenvalue weighted by Crippen LogP contribution is 2.30. The van der Waals surface area contributed by atoms with E-state index in [-0.39, 0.29) is 12.1 Å². The molecular weight excluding hydrogens is 516 g/mol. The Morgan fingerprint density at radius 3 is 2.10 bits per heavy atom. The number of rotatable bonds is 10. The summed E-state index contributed by atoms with van der Waals surface area (Å²) in [6.45, 7) is 2.91. The molecule has 6 rings (SSSR count). The molecule has 0 fully saturated rings. The quantitative estimate of drug-likeness (QED) is 0.180. The zero-order valence-electron chi connectivity index (χ0n) is 23.9. The molecule has 0 saturated carbocycles. The summed E-state index contributed by atoms with van der Waals surface area (Å²) in [6.07, 6.45) is 0.752. The molecule has 4 N–H and O–H groups in total. The molecule has 0 heterocycles. The molecule has 0 radical (unpaired) electrons. The van der Waals surface area contributed by atoms with Crippen LogP contribution < -0.4 is 20.9 Å². The van der Waals surface area contributed by atoms with Crippen LogP contribution in [0.1, 0.15) is 39.9 Å². The molecule has 42 heavy (non-hydrogen) atoms. The first kappa shape index (κ1) is 27.5. The first-order chi connectivity index (χ1) is 20.5. The van der Waals surface area contributed by atoms with Crippen molar-refractivity contribution in [3.8, 4) is 11.5 Å². The monoisotopic (exact) mass is 552 g/mol. The highest BCUT2D eigenvalue weighted by Gasteiger charge is 2.13. The molecule has 0 spiro atoms. The predicted octanol–water partition coefficient (Wildman–Crippen LogP) is 8.05. The van der Waals surface area contributed by atoms with Crippen LogP contribution in [0.3, 0.4) is 0 Å². The Balaban J connectivity index is 1.16. The van der Waals surface area contributed by atoms with E-state index >= 15 is 0 Å². The molecule has 0 saturated heterocycles. The molecule has 0 aromatic heterocycles. The van der Waals surface area contributed by atoms with Gasteiger partial charge in [-0.1, -0.05) is 109 Å². The van der Waals surface area contributed by atoms with Gasteiger partial charge in [-0.15, -0.1) is 0 Å². The minimum atomic E-state index is -0.226. The third-order valence-electron chi connectivity index (χ3n) is 7.83. The Morgan fingerprint density at radius 2 is 1.24 bits per heavy atom. The molecule has 0 amide bonds. The summed E-state index contributed by atoms with van der Waals surface area (Å²) >= 11 is 0. The first-order valence-corrected chi connectivity index (χ1v) is 14.4. The Hall–Kier alpha value is -4.64. The summed E-state index contributed by atoms with van der Waals surface area (Å²) in [5.41, 5.74) is 18.5. The molecule has 0 aliphatic heterocycles. The molecule has 4 nitrogen and oxygen atoms in total. The van der Waals surface area contributed by atoms with Crippen molar-refractivity contribution in [2.24, 2.45) is 11.5 Å². The van der Waals surface area contributed by atoms with Crippen LogP contribution in [0.5, 0.6) is 11.5 Å². The molecule has 0 aliphatic carbocycles. The zero-order valence-corrected chi connectivity index (χ0v) is 23.9. The Kier molecular flexibility index (Phi) is 8.18. The van der Waals surface area contributed by atoms with Gasteiger partial charge in [-0.25, -0.2) is 0 Å². The summed E-state index contributed by atoms with van der Waals surface area (Å²) < 4.78 is 12.5. The maximum absolute atomic E-state index is 6.59. The number of hydrogen-bond acceptors (Lipinski definition) is 4. The summed E-state index contributed by atoms with van der Waals surface area (Å²) in [4.78, 5) is 0. The van der Waals surface area contributed by atoms with E-state index in [0.717, 1.165) is 45.6 Å². The molecule has 2 atom stereocenters. The molecule has 210 valence electrons. The van der Waals surface area contributed by atoms with Crippen LogP contribution in [0.25, 0.3) is 21.5 Å².